The third-order valence-corrected chi connectivity index (χ3v) is 6.61. The Morgan fingerprint density at radius 1 is 0.971 bits per heavy atom. The van der Waals surface area contributed by atoms with E-state index in [1.165, 1.54) is 11.8 Å². The number of carbonyl (C=O) groups excluding carboxylic acids is 2. The number of thioether (sulfide) groups is 1. The molecule has 0 aliphatic carbocycles. The number of hydrogen-bond acceptors (Lipinski definition) is 5. The molecule has 0 radical (unpaired) electrons. The van der Waals surface area contributed by atoms with Gasteiger partial charge in [-0.3, -0.25) is 9.59 Å². The van der Waals surface area contributed by atoms with Crippen LogP contribution in [0.25, 0.3) is 0 Å². The van der Waals surface area contributed by atoms with Gasteiger partial charge in [0, 0.05) is 21.7 Å². The van der Waals surface area contributed by atoms with E-state index < -0.39 is 0 Å². The molecule has 2 amide bonds. The van der Waals surface area contributed by atoms with Crippen molar-refractivity contribution in [2.45, 2.75) is 29.9 Å². The lowest BCUT2D eigenvalue weighted by atomic mass is 10.1. The van der Waals surface area contributed by atoms with Gasteiger partial charge in [0.05, 0.1) is 31.6 Å². The minimum absolute atomic E-state index is 0.126. The number of nitrogens with one attached hydrogen (secondary N) is 2. The summed E-state index contributed by atoms with van der Waals surface area (Å²) in [7, 11) is 3.12. The highest BCUT2D eigenvalue weighted by atomic mass is 35.5. The molecule has 0 fully saturated rings. The molecule has 0 spiro atoms. The molecule has 1 atom stereocenters. The predicted molar refractivity (Wildman–Crippen MR) is 138 cm³/mol. The largest absolute Gasteiger partial charge is 0.497 e. The number of amides is 2. The Kier molecular flexibility index (Phi) is 9.24. The highest BCUT2D eigenvalue weighted by Crippen LogP contribution is 2.32. The summed E-state index contributed by atoms with van der Waals surface area (Å²) in [5.74, 6) is 0.911. The molecule has 2 N–H and O–H groups in total. The van der Waals surface area contributed by atoms with Crippen LogP contribution in [0.3, 0.4) is 0 Å². The highest BCUT2D eigenvalue weighted by molar-refractivity contribution is 8.00. The highest BCUT2D eigenvalue weighted by Gasteiger charge is 2.20. The van der Waals surface area contributed by atoms with Crippen LogP contribution in [0.15, 0.2) is 71.6 Å². The molecule has 3 aromatic rings. The molecule has 0 saturated carbocycles. The number of anilines is 2. The fourth-order valence-electron chi connectivity index (χ4n) is 3.25. The Morgan fingerprint density at radius 2 is 1.74 bits per heavy atom. The molecular weight excluding hydrogens is 472 g/mol. The Bertz CT molecular complexity index is 1140. The van der Waals surface area contributed by atoms with Crippen LogP contribution >= 0.6 is 23.4 Å². The van der Waals surface area contributed by atoms with E-state index in [2.05, 4.69) is 10.6 Å². The molecule has 6 nitrogen and oxygen atoms in total. The maximum Gasteiger partial charge on any atom is 0.237 e. The predicted octanol–water partition coefficient (Wildman–Crippen LogP) is 6.05. The third kappa shape index (κ3) is 7.17. The van der Waals surface area contributed by atoms with Gasteiger partial charge in [0.2, 0.25) is 11.8 Å². The van der Waals surface area contributed by atoms with Gasteiger partial charge in [-0.2, -0.15) is 0 Å². The van der Waals surface area contributed by atoms with Gasteiger partial charge in [0.15, 0.2) is 0 Å². The van der Waals surface area contributed by atoms with Crippen molar-refractivity contribution in [3.05, 3.63) is 77.3 Å². The minimum atomic E-state index is -0.337. The van der Waals surface area contributed by atoms with Crippen LogP contribution in [0.5, 0.6) is 11.5 Å². The van der Waals surface area contributed by atoms with E-state index in [4.69, 9.17) is 21.1 Å². The number of carbonyl (C=O) groups is 2. The summed E-state index contributed by atoms with van der Waals surface area (Å²) in [4.78, 5) is 26.3. The van der Waals surface area contributed by atoms with E-state index in [1.54, 1.807) is 44.6 Å². The van der Waals surface area contributed by atoms with Crippen molar-refractivity contribution in [3.63, 3.8) is 0 Å². The molecule has 3 rings (SSSR count). The van der Waals surface area contributed by atoms with Gasteiger partial charge in [0.25, 0.3) is 0 Å². The average molecular weight is 499 g/mol. The van der Waals surface area contributed by atoms with E-state index in [9.17, 15) is 9.59 Å². The zero-order valence-electron chi connectivity index (χ0n) is 19.3. The normalized spacial score (nSPS) is 11.4. The van der Waals surface area contributed by atoms with Crippen molar-refractivity contribution in [3.8, 4) is 11.5 Å². The first kappa shape index (κ1) is 25.5. The summed E-state index contributed by atoms with van der Waals surface area (Å²) in [5.41, 5.74) is 2.10. The summed E-state index contributed by atoms with van der Waals surface area (Å²) >= 11 is 7.34. The summed E-state index contributed by atoms with van der Waals surface area (Å²) < 4.78 is 10.6. The lowest BCUT2D eigenvalue weighted by Crippen LogP contribution is -2.24. The van der Waals surface area contributed by atoms with Gasteiger partial charge in [-0.25, -0.2) is 0 Å². The van der Waals surface area contributed by atoms with Crippen LogP contribution in [0.4, 0.5) is 11.4 Å². The summed E-state index contributed by atoms with van der Waals surface area (Å²) in [6.45, 7) is 1.96. The first-order valence-corrected chi connectivity index (χ1v) is 12.0. The third-order valence-electron chi connectivity index (χ3n) is 5.00. The molecule has 34 heavy (non-hydrogen) atoms. The van der Waals surface area contributed by atoms with Crippen LogP contribution in [0.2, 0.25) is 5.02 Å². The molecule has 8 heteroatoms. The molecule has 0 aliphatic rings. The number of rotatable bonds is 10. The quantitative estimate of drug-likeness (QED) is 0.333. The van der Waals surface area contributed by atoms with Crippen LogP contribution in [-0.4, -0.2) is 31.3 Å². The first-order valence-electron chi connectivity index (χ1n) is 10.8. The molecule has 3 aromatic carbocycles. The lowest BCUT2D eigenvalue weighted by Gasteiger charge is -2.17. The van der Waals surface area contributed by atoms with Crippen LogP contribution in [0.1, 0.15) is 18.9 Å². The zero-order valence-corrected chi connectivity index (χ0v) is 20.8. The number of methoxy groups -OCH3 is 2. The maximum atomic E-state index is 13.0. The second-order valence-corrected chi connectivity index (χ2v) is 9.16. The number of benzene rings is 3. The van der Waals surface area contributed by atoms with E-state index in [0.29, 0.717) is 34.3 Å². The van der Waals surface area contributed by atoms with Gasteiger partial charge in [0.1, 0.15) is 11.5 Å². The van der Waals surface area contributed by atoms with Gasteiger partial charge < -0.3 is 20.1 Å². The molecule has 0 saturated heterocycles. The van der Waals surface area contributed by atoms with E-state index in [1.807, 2.05) is 43.3 Å². The van der Waals surface area contributed by atoms with Gasteiger partial charge in [-0.15, -0.1) is 11.8 Å². The van der Waals surface area contributed by atoms with Gasteiger partial charge in [-0.05, 0) is 54.4 Å². The van der Waals surface area contributed by atoms with Crippen LogP contribution in [-0.2, 0) is 16.0 Å². The van der Waals surface area contributed by atoms with Crippen molar-refractivity contribution in [2.24, 2.45) is 0 Å². The van der Waals surface area contributed by atoms with E-state index >= 15 is 0 Å². The fraction of sp³-hybridized carbons (Fsp3) is 0.231. The van der Waals surface area contributed by atoms with Gasteiger partial charge in [-0.1, -0.05) is 36.7 Å². The second-order valence-electron chi connectivity index (χ2n) is 7.45. The van der Waals surface area contributed by atoms with E-state index in [0.717, 1.165) is 10.5 Å². The Hall–Kier alpha value is -3.16. The van der Waals surface area contributed by atoms with Crippen molar-refractivity contribution in [1.82, 2.24) is 0 Å². The number of ether oxygens (including phenoxy) is 2. The molecule has 0 bridgehead atoms. The molecular formula is C26H27ClN2O4S. The SMILES string of the molecule is CCC(Sc1cccc(NC(=O)Cc2ccc(Cl)cc2)c1)C(=O)Nc1cc(OC)ccc1OC. The van der Waals surface area contributed by atoms with Crippen LogP contribution < -0.4 is 20.1 Å². The topological polar surface area (TPSA) is 76.7 Å². The van der Waals surface area contributed by atoms with Crippen molar-refractivity contribution < 1.29 is 19.1 Å². The standard InChI is InChI=1S/C26H27ClN2O4S/c1-4-24(26(31)29-22-16-20(32-2)12-13-23(22)33-3)34-21-7-5-6-19(15-21)28-25(30)14-17-8-10-18(27)11-9-17/h5-13,15-16,24H,4,14H2,1-3H3,(H,28,30)(H,29,31). The molecule has 0 aromatic heterocycles. The monoisotopic (exact) mass is 498 g/mol. The van der Waals surface area contributed by atoms with Crippen LogP contribution in [0, 0.1) is 0 Å². The Labute approximate surface area is 209 Å². The zero-order chi connectivity index (χ0) is 24.5. The fourth-order valence-corrected chi connectivity index (χ4v) is 4.39. The minimum Gasteiger partial charge on any atom is -0.497 e. The molecule has 0 heterocycles. The molecule has 1 unspecified atom stereocenters. The maximum absolute atomic E-state index is 13.0. The van der Waals surface area contributed by atoms with Crippen molar-refractivity contribution in [2.75, 3.05) is 24.9 Å². The van der Waals surface area contributed by atoms with Gasteiger partial charge >= 0.3 is 0 Å². The summed E-state index contributed by atoms with van der Waals surface area (Å²) in [6.07, 6.45) is 0.868. The molecule has 0 aliphatic heterocycles. The van der Waals surface area contributed by atoms with E-state index in [-0.39, 0.29) is 23.5 Å². The summed E-state index contributed by atoms with van der Waals surface area (Å²) in [5, 5.41) is 6.15. The van der Waals surface area contributed by atoms with Crippen molar-refractivity contribution >= 4 is 46.6 Å². The second kappa shape index (κ2) is 12.3. The number of halogens is 1. The van der Waals surface area contributed by atoms with Crippen molar-refractivity contribution in [1.29, 1.82) is 0 Å². The Balaban J connectivity index is 1.64. The molecule has 178 valence electrons. The summed E-state index contributed by atoms with van der Waals surface area (Å²) in [6, 6.07) is 19.9. The average Bonchev–Trinajstić information content (AvgIpc) is 2.84. The lowest BCUT2D eigenvalue weighted by molar-refractivity contribution is -0.116. The number of hydrogen-bond donors (Lipinski definition) is 2. The Morgan fingerprint density at radius 3 is 2.41 bits per heavy atom. The smallest absolute Gasteiger partial charge is 0.237 e. The first-order chi connectivity index (χ1) is 16.4.